The first-order valence-electron chi connectivity index (χ1n) is 6.30. The molecule has 1 aliphatic rings. The molecule has 0 bridgehead atoms. The third-order valence-electron chi connectivity index (χ3n) is 3.38. The molecular weight excluding hydrogens is 214 g/mol. The quantitative estimate of drug-likeness (QED) is 0.869. The number of nitrogens with two attached hydrogens (primary N) is 1. The molecule has 1 aromatic rings. The van der Waals surface area contributed by atoms with E-state index >= 15 is 0 Å². The highest BCUT2D eigenvalue weighted by molar-refractivity contribution is 5.13. The molecule has 1 fully saturated rings. The second-order valence-corrected chi connectivity index (χ2v) is 4.63. The van der Waals surface area contributed by atoms with Crippen LogP contribution in [0.5, 0.6) is 0 Å². The van der Waals surface area contributed by atoms with Crippen molar-refractivity contribution in [3.63, 3.8) is 0 Å². The van der Waals surface area contributed by atoms with Crippen molar-refractivity contribution >= 4 is 0 Å². The number of rotatable bonds is 4. The van der Waals surface area contributed by atoms with E-state index in [2.05, 4.69) is 12.1 Å². The van der Waals surface area contributed by atoms with Gasteiger partial charge in [-0.15, -0.1) is 0 Å². The zero-order valence-corrected chi connectivity index (χ0v) is 10.2. The van der Waals surface area contributed by atoms with E-state index in [9.17, 15) is 0 Å². The molecule has 94 valence electrons. The predicted octanol–water partition coefficient (Wildman–Crippen LogP) is 2.10. The molecule has 17 heavy (non-hydrogen) atoms. The third-order valence-corrected chi connectivity index (χ3v) is 3.38. The number of ether oxygens (including phenoxy) is 2. The van der Waals surface area contributed by atoms with Gasteiger partial charge in [0.15, 0.2) is 0 Å². The molecule has 0 radical (unpaired) electrons. The van der Waals surface area contributed by atoms with Crippen LogP contribution in [-0.2, 0) is 16.1 Å². The molecule has 1 aromatic carbocycles. The summed E-state index contributed by atoms with van der Waals surface area (Å²) in [5, 5.41) is 0. The Hall–Kier alpha value is -0.900. The highest BCUT2D eigenvalue weighted by Gasteiger charge is 2.30. The average Bonchev–Trinajstić information content (AvgIpc) is 2.64. The minimum absolute atomic E-state index is 0.188. The SMILES string of the molecule is NCC1(OCc2ccccc2)CCCOCC1. The Kier molecular flexibility index (Phi) is 4.54. The summed E-state index contributed by atoms with van der Waals surface area (Å²) in [5.74, 6) is 0. The van der Waals surface area contributed by atoms with Crippen molar-refractivity contribution in [3.8, 4) is 0 Å². The van der Waals surface area contributed by atoms with Gasteiger partial charge in [0.2, 0.25) is 0 Å². The molecule has 0 amide bonds. The molecular formula is C14H21NO2. The molecule has 0 saturated carbocycles. The Balaban J connectivity index is 1.94. The molecule has 1 unspecified atom stereocenters. The van der Waals surface area contributed by atoms with Gasteiger partial charge in [-0.3, -0.25) is 0 Å². The standard InChI is InChI=1S/C14H21NO2/c15-12-14(7-4-9-16-10-8-14)17-11-13-5-2-1-3-6-13/h1-3,5-6H,4,7-12,15H2. The molecule has 1 heterocycles. The maximum Gasteiger partial charge on any atom is 0.0831 e. The zero-order valence-electron chi connectivity index (χ0n) is 10.2. The number of hydrogen-bond acceptors (Lipinski definition) is 3. The Bertz CT molecular complexity index is 318. The van der Waals surface area contributed by atoms with Crippen molar-refractivity contribution in [2.24, 2.45) is 5.73 Å². The van der Waals surface area contributed by atoms with Crippen LogP contribution in [0.15, 0.2) is 30.3 Å². The first-order valence-corrected chi connectivity index (χ1v) is 6.30. The van der Waals surface area contributed by atoms with Gasteiger partial charge in [-0.05, 0) is 18.4 Å². The van der Waals surface area contributed by atoms with Gasteiger partial charge in [0.05, 0.1) is 12.2 Å². The zero-order chi connectivity index (χ0) is 12.0. The molecule has 2 rings (SSSR count). The summed E-state index contributed by atoms with van der Waals surface area (Å²) in [6, 6.07) is 10.2. The summed E-state index contributed by atoms with van der Waals surface area (Å²) in [5.41, 5.74) is 6.90. The normalized spacial score (nSPS) is 25.5. The van der Waals surface area contributed by atoms with Gasteiger partial charge in [-0.1, -0.05) is 30.3 Å². The first kappa shape index (κ1) is 12.6. The lowest BCUT2D eigenvalue weighted by molar-refractivity contribution is -0.0622. The van der Waals surface area contributed by atoms with E-state index in [0.717, 1.165) is 32.5 Å². The van der Waals surface area contributed by atoms with Crippen molar-refractivity contribution in [2.45, 2.75) is 31.5 Å². The Morgan fingerprint density at radius 3 is 2.76 bits per heavy atom. The van der Waals surface area contributed by atoms with Crippen LogP contribution in [0.25, 0.3) is 0 Å². The van der Waals surface area contributed by atoms with Gasteiger partial charge in [0, 0.05) is 26.2 Å². The molecule has 0 aliphatic carbocycles. The van der Waals surface area contributed by atoms with E-state index in [4.69, 9.17) is 15.2 Å². The van der Waals surface area contributed by atoms with Gasteiger partial charge in [0.1, 0.15) is 0 Å². The maximum atomic E-state index is 6.08. The van der Waals surface area contributed by atoms with Crippen molar-refractivity contribution in [1.29, 1.82) is 0 Å². The topological polar surface area (TPSA) is 44.5 Å². The molecule has 3 heteroatoms. The second kappa shape index (κ2) is 6.15. The van der Waals surface area contributed by atoms with E-state index in [0.29, 0.717) is 13.2 Å². The summed E-state index contributed by atoms with van der Waals surface area (Å²) >= 11 is 0. The van der Waals surface area contributed by atoms with Gasteiger partial charge < -0.3 is 15.2 Å². The highest BCUT2D eigenvalue weighted by atomic mass is 16.5. The van der Waals surface area contributed by atoms with Crippen LogP contribution in [0.4, 0.5) is 0 Å². The first-order chi connectivity index (χ1) is 8.35. The van der Waals surface area contributed by atoms with Crippen LogP contribution in [0, 0.1) is 0 Å². The van der Waals surface area contributed by atoms with Gasteiger partial charge in [0.25, 0.3) is 0 Å². The Labute approximate surface area is 103 Å². The van der Waals surface area contributed by atoms with E-state index < -0.39 is 0 Å². The number of hydrogen-bond donors (Lipinski definition) is 1. The molecule has 1 saturated heterocycles. The smallest absolute Gasteiger partial charge is 0.0831 e. The fourth-order valence-electron chi connectivity index (χ4n) is 2.20. The molecule has 1 atom stereocenters. The summed E-state index contributed by atoms with van der Waals surface area (Å²) in [6.45, 7) is 2.80. The van der Waals surface area contributed by atoms with Crippen molar-refractivity contribution in [2.75, 3.05) is 19.8 Å². The molecule has 0 spiro atoms. The van der Waals surface area contributed by atoms with Crippen molar-refractivity contribution < 1.29 is 9.47 Å². The van der Waals surface area contributed by atoms with Crippen molar-refractivity contribution in [3.05, 3.63) is 35.9 Å². The monoisotopic (exact) mass is 235 g/mol. The van der Waals surface area contributed by atoms with Crippen LogP contribution in [-0.4, -0.2) is 25.4 Å². The lowest BCUT2D eigenvalue weighted by Crippen LogP contribution is -2.41. The Morgan fingerprint density at radius 2 is 2.00 bits per heavy atom. The van der Waals surface area contributed by atoms with E-state index in [1.54, 1.807) is 0 Å². The van der Waals surface area contributed by atoms with Crippen LogP contribution in [0.3, 0.4) is 0 Å². The number of benzene rings is 1. The van der Waals surface area contributed by atoms with Crippen LogP contribution >= 0.6 is 0 Å². The minimum atomic E-state index is -0.188. The summed E-state index contributed by atoms with van der Waals surface area (Å²) < 4.78 is 11.5. The summed E-state index contributed by atoms with van der Waals surface area (Å²) in [6.07, 6.45) is 2.93. The van der Waals surface area contributed by atoms with E-state index in [-0.39, 0.29) is 5.60 Å². The molecule has 0 aromatic heterocycles. The minimum Gasteiger partial charge on any atom is -0.381 e. The second-order valence-electron chi connectivity index (χ2n) is 4.63. The third kappa shape index (κ3) is 3.53. The molecule has 1 aliphatic heterocycles. The van der Waals surface area contributed by atoms with Gasteiger partial charge in [-0.2, -0.15) is 0 Å². The van der Waals surface area contributed by atoms with E-state index in [1.807, 2.05) is 18.2 Å². The molecule has 3 nitrogen and oxygen atoms in total. The fraction of sp³-hybridized carbons (Fsp3) is 0.571. The van der Waals surface area contributed by atoms with Crippen LogP contribution < -0.4 is 5.73 Å². The lowest BCUT2D eigenvalue weighted by atomic mass is 9.94. The average molecular weight is 235 g/mol. The van der Waals surface area contributed by atoms with Crippen molar-refractivity contribution in [1.82, 2.24) is 0 Å². The van der Waals surface area contributed by atoms with Crippen LogP contribution in [0.1, 0.15) is 24.8 Å². The molecule has 2 N–H and O–H groups in total. The summed E-state index contributed by atoms with van der Waals surface area (Å²) in [4.78, 5) is 0. The Morgan fingerprint density at radius 1 is 1.18 bits per heavy atom. The predicted molar refractivity (Wildman–Crippen MR) is 67.7 cm³/mol. The largest absolute Gasteiger partial charge is 0.381 e. The van der Waals surface area contributed by atoms with Gasteiger partial charge in [-0.25, -0.2) is 0 Å². The van der Waals surface area contributed by atoms with Crippen LogP contribution in [0.2, 0.25) is 0 Å². The maximum absolute atomic E-state index is 6.08. The van der Waals surface area contributed by atoms with Gasteiger partial charge >= 0.3 is 0 Å². The lowest BCUT2D eigenvalue weighted by Gasteiger charge is -2.31. The summed E-state index contributed by atoms with van der Waals surface area (Å²) in [7, 11) is 0. The van der Waals surface area contributed by atoms with E-state index in [1.165, 1.54) is 5.56 Å². The highest BCUT2D eigenvalue weighted by Crippen LogP contribution is 2.25. The fourth-order valence-corrected chi connectivity index (χ4v) is 2.20.